The third kappa shape index (κ3) is 3.46. The molecule has 0 unspecified atom stereocenters. The Bertz CT molecular complexity index is 1160. The summed E-state index contributed by atoms with van der Waals surface area (Å²) in [6.07, 6.45) is 6.85. The monoisotopic (exact) mass is 400 g/mol. The summed E-state index contributed by atoms with van der Waals surface area (Å²) in [5.74, 6) is 2.37. The lowest BCUT2D eigenvalue weighted by molar-refractivity contribution is 0.422. The van der Waals surface area contributed by atoms with Crippen LogP contribution in [0.4, 0.5) is 17.5 Å². The highest BCUT2D eigenvalue weighted by Crippen LogP contribution is 2.28. The number of pyridine rings is 1. The molecular formula is C22H24N8. The van der Waals surface area contributed by atoms with Crippen molar-refractivity contribution in [2.45, 2.75) is 25.9 Å². The molecule has 4 aromatic rings. The van der Waals surface area contributed by atoms with Crippen LogP contribution >= 0.6 is 0 Å². The fourth-order valence-corrected chi connectivity index (χ4v) is 3.88. The first-order valence-corrected chi connectivity index (χ1v) is 10.2. The van der Waals surface area contributed by atoms with Crippen molar-refractivity contribution < 1.29 is 0 Å². The molecule has 2 atom stereocenters. The lowest BCUT2D eigenvalue weighted by Gasteiger charge is -2.38. The van der Waals surface area contributed by atoms with Crippen LogP contribution in [-0.2, 0) is 0 Å². The molecule has 0 amide bonds. The molecular weight excluding hydrogens is 376 g/mol. The van der Waals surface area contributed by atoms with Crippen LogP contribution in [0.25, 0.3) is 16.6 Å². The van der Waals surface area contributed by atoms with E-state index in [2.05, 4.69) is 62.5 Å². The smallest absolute Gasteiger partial charge is 0.162 e. The molecule has 152 valence electrons. The molecule has 0 aliphatic carbocycles. The predicted molar refractivity (Wildman–Crippen MR) is 118 cm³/mol. The number of nitrogens with one attached hydrogen (secondary N) is 2. The van der Waals surface area contributed by atoms with Crippen LogP contribution in [0.3, 0.4) is 0 Å². The third-order valence-electron chi connectivity index (χ3n) is 5.43. The highest BCUT2D eigenvalue weighted by molar-refractivity contribution is 5.92. The van der Waals surface area contributed by atoms with Gasteiger partial charge in [0.2, 0.25) is 0 Å². The normalized spacial score (nSPS) is 19.2. The standard InChI is InChI=1S/C22H24N8/c1-15-14-29(16(2)12-26-15)21-11-17(7-8-25-21)30-19-6-4-3-5-18(19)22(28-30)27-20-13-23-9-10-24-20/h3-11,13,15-16,26H,12,14H2,1-2H3,(H,24,27,28)/t15-,16+/m1/s1. The summed E-state index contributed by atoms with van der Waals surface area (Å²) < 4.78 is 1.95. The van der Waals surface area contributed by atoms with Gasteiger partial charge in [-0.05, 0) is 32.0 Å². The molecule has 0 saturated carbocycles. The molecule has 8 nitrogen and oxygen atoms in total. The minimum absolute atomic E-state index is 0.382. The Labute approximate surface area is 175 Å². The highest BCUT2D eigenvalue weighted by Gasteiger charge is 2.24. The Balaban J connectivity index is 1.55. The maximum absolute atomic E-state index is 4.85. The Morgan fingerprint density at radius 2 is 1.97 bits per heavy atom. The van der Waals surface area contributed by atoms with E-state index in [1.165, 1.54) is 0 Å². The summed E-state index contributed by atoms with van der Waals surface area (Å²) in [6.45, 7) is 6.30. The second-order valence-electron chi connectivity index (χ2n) is 7.68. The number of hydrogen-bond donors (Lipinski definition) is 2. The number of aromatic nitrogens is 5. The number of benzene rings is 1. The number of anilines is 3. The van der Waals surface area contributed by atoms with Crippen LogP contribution in [0.1, 0.15) is 13.8 Å². The molecule has 0 bridgehead atoms. The van der Waals surface area contributed by atoms with Crippen molar-refractivity contribution in [1.29, 1.82) is 0 Å². The maximum Gasteiger partial charge on any atom is 0.162 e. The molecule has 30 heavy (non-hydrogen) atoms. The first kappa shape index (κ1) is 18.5. The molecule has 0 radical (unpaired) electrons. The quantitative estimate of drug-likeness (QED) is 0.544. The molecule has 1 aliphatic rings. The predicted octanol–water partition coefficient (Wildman–Crippen LogP) is 3.14. The van der Waals surface area contributed by atoms with Gasteiger partial charge in [0.15, 0.2) is 5.82 Å². The number of para-hydroxylation sites is 1. The topological polar surface area (TPSA) is 83.8 Å². The van der Waals surface area contributed by atoms with E-state index in [9.17, 15) is 0 Å². The summed E-state index contributed by atoms with van der Waals surface area (Å²) in [5.41, 5.74) is 1.99. The van der Waals surface area contributed by atoms with Crippen molar-refractivity contribution in [2.75, 3.05) is 23.3 Å². The largest absolute Gasteiger partial charge is 0.351 e. The Hall–Kier alpha value is -3.52. The van der Waals surface area contributed by atoms with Crippen molar-refractivity contribution in [3.63, 3.8) is 0 Å². The van der Waals surface area contributed by atoms with Gasteiger partial charge in [0.25, 0.3) is 0 Å². The van der Waals surface area contributed by atoms with E-state index in [1.54, 1.807) is 18.6 Å². The van der Waals surface area contributed by atoms with Crippen molar-refractivity contribution in [1.82, 2.24) is 30.0 Å². The SMILES string of the molecule is C[C@@H]1CN(c2cc(-n3nc(Nc4cnccn4)c4ccccc43)ccn2)[C@@H](C)CN1. The van der Waals surface area contributed by atoms with Crippen LogP contribution in [0, 0.1) is 0 Å². The fourth-order valence-electron chi connectivity index (χ4n) is 3.88. The number of nitrogens with zero attached hydrogens (tertiary/aromatic N) is 6. The number of hydrogen-bond acceptors (Lipinski definition) is 7. The third-order valence-corrected chi connectivity index (χ3v) is 5.43. The molecule has 1 aliphatic heterocycles. The van der Waals surface area contributed by atoms with E-state index in [0.717, 1.165) is 41.3 Å². The average molecular weight is 400 g/mol. The van der Waals surface area contributed by atoms with Gasteiger partial charge < -0.3 is 15.5 Å². The van der Waals surface area contributed by atoms with Crippen molar-refractivity contribution in [3.05, 3.63) is 61.2 Å². The van der Waals surface area contributed by atoms with Crippen LogP contribution in [-0.4, -0.2) is 49.9 Å². The van der Waals surface area contributed by atoms with Crippen molar-refractivity contribution in [3.8, 4) is 5.69 Å². The molecule has 3 aromatic heterocycles. The van der Waals surface area contributed by atoms with Crippen LogP contribution in [0.15, 0.2) is 61.2 Å². The van der Waals surface area contributed by atoms with E-state index >= 15 is 0 Å². The molecule has 0 spiro atoms. The van der Waals surface area contributed by atoms with Crippen LogP contribution in [0.2, 0.25) is 0 Å². The van der Waals surface area contributed by atoms with E-state index in [0.29, 0.717) is 17.9 Å². The first-order valence-electron chi connectivity index (χ1n) is 10.2. The molecule has 4 heterocycles. The van der Waals surface area contributed by atoms with Gasteiger partial charge in [-0.15, -0.1) is 5.10 Å². The van der Waals surface area contributed by atoms with Gasteiger partial charge in [-0.25, -0.2) is 14.6 Å². The van der Waals surface area contributed by atoms with Crippen molar-refractivity contribution >= 4 is 28.4 Å². The molecule has 1 fully saturated rings. The zero-order chi connectivity index (χ0) is 20.5. The summed E-state index contributed by atoms with van der Waals surface area (Å²) in [6, 6.07) is 13.1. The first-order chi connectivity index (χ1) is 14.7. The Morgan fingerprint density at radius 3 is 2.83 bits per heavy atom. The van der Waals surface area contributed by atoms with Crippen LogP contribution < -0.4 is 15.5 Å². The Kier molecular flexibility index (Phi) is 4.76. The maximum atomic E-state index is 4.85. The fraction of sp³-hybridized carbons (Fsp3) is 0.273. The molecule has 8 heteroatoms. The minimum atomic E-state index is 0.382. The molecule has 1 saturated heterocycles. The highest BCUT2D eigenvalue weighted by atomic mass is 15.3. The average Bonchev–Trinajstić information content (AvgIpc) is 3.15. The van der Waals surface area contributed by atoms with E-state index in [-0.39, 0.29) is 0 Å². The summed E-state index contributed by atoms with van der Waals surface area (Å²) in [5, 5.41) is 12.7. The second kappa shape index (κ2) is 7.72. The summed E-state index contributed by atoms with van der Waals surface area (Å²) in [7, 11) is 0. The van der Waals surface area contributed by atoms with Gasteiger partial charge in [0.1, 0.15) is 11.6 Å². The van der Waals surface area contributed by atoms with Gasteiger partial charge >= 0.3 is 0 Å². The lowest BCUT2D eigenvalue weighted by Crippen LogP contribution is -2.54. The lowest BCUT2D eigenvalue weighted by atomic mass is 10.1. The van der Waals surface area contributed by atoms with Gasteiger partial charge in [-0.2, -0.15) is 0 Å². The van der Waals surface area contributed by atoms with E-state index < -0.39 is 0 Å². The summed E-state index contributed by atoms with van der Waals surface area (Å²) >= 11 is 0. The minimum Gasteiger partial charge on any atom is -0.351 e. The van der Waals surface area contributed by atoms with Gasteiger partial charge in [-0.1, -0.05) is 12.1 Å². The zero-order valence-corrected chi connectivity index (χ0v) is 17.0. The van der Waals surface area contributed by atoms with E-state index in [1.807, 2.05) is 29.1 Å². The van der Waals surface area contributed by atoms with Gasteiger partial charge in [-0.3, -0.25) is 4.98 Å². The zero-order valence-electron chi connectivity index (χ0n) is 17.0. The second-order valence-corrected chi connectivity index (χ2v) is 7.68. The number of rotatable bonds is 4. The van der Waals surface area contributed by atoms with Gasteiger partial charge in [0.05, 0.1) is 17.4 Å². The molecule has 1 aromatic carbocycles. The number of piperazine rings is 1. The number of fused-ring (bicyclic) bond motifs is 1. The van der Waals surface area contributed by atoms with Gasteiger partial charge in [0, 0.05) is 55.2 Å². The van der Waals surface area contributed by atoms with Crippen LogP contribution in [0.5, 0.6) is 0 Å². The molecule has 2 N–H and O–H groups in total. The molecule has 5 rings (SSSR count). The Morgan fingerprint density at radius 1 is 1.07 bits per heavy atom. The van der Waals surface area contributed by atoms with Crippen molar-refractivity contribution in [2.24, 2.45) is 0 Å². The summed E-state index contributed by atoms with van der Waals surface area (Å²) in [4.78, 5) is 15.4. The van der Waals surface area contributed by atoms with E-state index in [4.69, 9.17) is 5.10 Å².